The topological polar surface area (TPSA) is 25.2 Å². The Bertz CT molecular complexity index is 570. The van der Waals surface area contributed by atoms with Gasteiger partial charge in [-0.25, -0.2) is 13.2 Å². The third-order valence-corrected chi connectivity index (χ3v) is 2.72. The van der Waals surface area contributed by atoms with Crippen molar-refractivity contribution >= 4 is 11.6 Å². The van der Waals surface area contributed by atoms with Gasteiger partial charge in [-0.2, -0.15) is 0 Å². The molecule has 1 unspecified atom stereocenters. The Hall–Kier alpha value is -1.46. The van der Waals surface area contributed by atoms with Gasteiger partial charge in [0, 0.05) is 11.6 Å². The first kappa shape index (κ1) is 13.0. The molecule has 0 amide bonds. The van der Waals surface area contributed by atoms with Crippen molar-refractivity contribution in [2.75, 3.05) is 7.05 Å². The van der Waals surface area contributed by atoms with E-state index in [1.165, 1.54) is 12.1 Å². The molecule has 1 atom stereocenters. The molecule has 0 aliphatic heterocycles. The van der Waals surface area contributed by atoms with Crippen molar-refractivity contribution in [1.29, 1.82) is 0 Å². The minimum absolute atomic E-state index is 0.0533. The van der Waals surface area contributed by atoms with Crippen molar-refractivity contribution in [2.24, 2.45) is 0 Å². The summed E-state index contributed by atoms with van der Waals surface area (Å²) < 4.78 is 44.8. The summed E-state index contributed by atoms with van der Waals surface area (Å²) in [5, 5.41) is 2.89. The largest absolute Gasteiger partial charge is 0.448 e. The molecule has 2 aromatic rings. The summed E-state index contributed by atoms with van der Waals surface area (Å²) in [4.78, 5) is 0. The summed E-state index contributed by atoms with van der Waals surface area (Å²) in [7, 11) is 1.54. The highest BCUT2D eigenvalue weighted by atomic mass is 35.5. The molecule has 1 aromatic heterocycles. The van der Waals surface area contributed by atoms with E-state index in [1.54, 1.807) is 7.05 Å². The number of benzene rings is 1. The molecule has 1 aromatic carbocycles. The van der Waals surface area contributed by atoms with Gasteiger partial charge in [-0.1, -0.05) is 0 Å². The third kappa shape index (κ3) is 2.37. The van der Waals surface area contributed by atoms with Crippen molar-refractivity contribution in [3.05, 3.63) is 58.3 Å². The second kappa shape index (κ2) is 5.04. The minimum atomic E-state index is -1.23. The van der Waals surface area contributed by atoms with Crippen molar-refractivity contribution in [3.8, 4) is 0 Å². The van der Waals surface area contributed by atoms with Crippen molar-refractivity contribution < 1.29 is 17.6 Å². The lowest BCUT2D eigenvalue weighted by Gasteiger charge is -2.15. The SMILES string of the molecule is CNC(c1ccc(Cl)o1)c1cc(F)c(F)cc1F. The van der Waals surface area contributed by atoms with E-state index in [0.717, 1.165) is 6.07 Å². The minimum Gasteiger partial charge on any atom is -0.448 e. The van der Waals surface area contributed by atoms with Gasteiger partial charge in [0.15, 0.2) is 16.9 Å². The first-order valence-corrected chi connectivity index (χ1v) is 5.47. The lowest BCUT2D eigenvalue weighted by molar-refractivity contribution is 0.443. The van der Waals surface area contributed by atoms with Crippen LogP contribution in [0.3, 0.4) is 0 Å². The number of furan rings is 1. The molecular formula is C12H9ClF3NO. The zero-order valence-corrected chi connectivity index (χ0v) is 10.1. The van der Waals surface area contributed by atoms with Gasteiger partial charge in [-0.05, 0) is 36.8 Å². The fraction of sp³-hybridized carbons (Fsp3) is 0.167. The number of hydrogen-bond donors (Lipinski definition) is 1. The van der Waals surface area contributed by atoms with Crippen molar-refractivity contribution in [1.82, 2.24) is 5.32 Å². The maximum Gasteiger partial charge on any atom is 0.193 e. The maximum absolute atomic E-state index is 13.6. The zero-order valence-electron chi connectivity index (χ0n) is 9.31. The molecule has 96 valence electrons. The molecule has 2 nitrogen and oxygen atoms in total. The molecule has 0 saturated carbocycles. The number of halogens is 4. The molecule has 0 spiro atoms. The molecule has 6 heteroatoms. The van der Waals surface area contributed by atoms with Gasteiger partial charge < -0.3 is 9.73 Å². The van der Waals surface area contributed by atoms with Crippen LogP contribution in [0, 0.1) is 17.5 Å². The van der Waals surface area contributed by atoms with Crippen LogP contribution in [0.25, 0.3) is 0 Å². The van der Waals surface area contributed by atoms with Gasteiger partial charge >= 0.3 is 0 Å². The molecule has 0 bridgehead atoms. The molecule has 0 fully saturated rings. The fourth-order valence-corrected chi connectivity index (χ4v) is 1.85. The average Bonchev–Trinajstić information content (AvgIpc) is 2.73. The van der Waals surface area contributed by atoms with Crippen LogP contribution in [0.5, 0.6) is 0 Å². The Morgan fingerprint density at radius 3 is 2.33 bits per heavy atom. The zero-order chi connectivity index (χ0) is 13.3. The molecular weight excluding hydrogens is 267 g/mol. The predicted molar refractivity (Wildman–Crippen MR) is 60.9 cm³/mol. The van der Waals surface area contributed by atoms with Gasteiger partial charge in [0.1, 0.15) is 11.6 Å². The molecule has 0 aliphatic carbocycles. The van der Waals surface area contributed by atoms with Crippen LogP contribution in [0.4, 0.5) is 13.2 Å². The normalized spacial score (nSPS) is 12.7. The quantitative estimate of drug-likeness (QED) is 0.865. The maximum atomic E-state index is 13.6. The van der Waals surface area contributed by atoms with E-state index < -0.39 is 23.5 Å². The Morgan fingerprint density at radius 2 is 1.78 bits per heavy atom. The van der Waals surface area contributed by atoms with Gasteiger partial charge in [-0.15, -0.1) is 0 Å². The van der Waals surface area contributed by atoms with Crippen LogP contribution >= 0.6 is 11.6 Å². The first-order valence-electron chi connectivity index (χ1n) is 5.10. The van der Waals surface area contributed by atoms with E-state index in [2.05, 4.69) is 5.32 Å². The lowest BCUT2D eigenvalue weighted by Crippen LogP contribution is -2.19. The second-order valence-corrected chi connectivity index (χ2v) is 4.02. The summed E-state index contributed by atoms with van der Waals surface area (Å²) in [6.45, 7) is 0. The summed E-state index contributed by atoms with van der Waals surface area (Å²) >= 11 is 5.62. The summed E-state index contributed by atoms with van der Waals surface area (Å²) in [6, 6.07) is 3.57. The summed E-state index contributed by atoms with van der Waals surface area (Å²) in [6.07, 6.45) is 0. The van der Waals surface area contributed by atoms with Crippen LogP contribution in [0.15, 0.2) is 28.7 Å². The molecule has 0 radical (unpaired) electrons. The molecule has 18 heavy (non-hydrogen) atoms. The fourth-order valence-electron chi connectivity index (χ4n) is 1.69. The van der Waals surface area contributed by atoms with E-state index in [0.29, 0.717) is 11.8 Å². The van der Waals surface area contributed by atoms with Crippen LogP contribution in [0.2, 0.25) is 5.22 Å². The van der Waals surface area contributed by atoms with Crippen LogP contribution in [-0.2, 0) is 0 Å². The molecule has 0 aliphatic rings. The summed E-state index contributed by atoms with van der Waals surface area (Å²) in [5.74, 6) is -2.90. The van der Waals surface area contributed by atoms with Crippen LogP contribution in [0.1, 0.15) is 17.4 Å². The Kier molecular flexibility index (Phi) is 3.63. The first-order chi connectivity index (χ1) is 8.52. The number of hydrogen-bond acceptors (Lipinski definition) is 2. The Morgan fingerprint density at radius 1 is 1.11 bits per heavy atom. The van der Waals surface area contributed by atoms with Gasteiger partial charge in [0.25, 0.3) is 0 Å². The van der Waals surface area contributed by atoms with Crippen molar-refractivity contribution in [2.45, 2.75) is 6.04 Å². The third-order valence-electron chi connectivity index (χ3n) is 2.52. The van der Waals surface area contributed by atoms with Gasteiger partial charge in [0.2, 0.25) is 0 Å². The number of nitrogens with one attached hydrogen (secondary N) is 1. The number of rotatable bonds is 3. The lowest BCUT2D eigenvalue weighted by atomic mass is 10.0. The van der Waals surface area contributed by atoms with E-state index in [4.69, 9.17) is 16.0 Å². The highest BCUT2D eigenvalue weighted by molar-refractivity contribution is 6.28. The van der Waals surface area contributed by atoms with Crippen LogP contribution in [-0.4, -0.2) is 7.05 Å². The van der Waals surface area contributed by atoms with Gasteiger partial charge in [0.05, 0.1) is 6.04 Å². The van der Waals surface area contributed by atoms with E-state index >= 15 is 0 Å². The van der Waals surface area contributed by atoms with E-state index in [1.807, 2.05) is 0 Å². The van der Waals surface area contributed by atoms with Crippen LogP contribution < -0.4 is 5.32 Å². The highest BCUT2D eigenvalue weighted by Crippen LogP contribution is 2.28. The average molecular weight is 276 g/mol. The second-order valence-electron chi connectivity index (χ2n) is 3.65. The standard InChI is InChI=1S/C12H9ClF3NO/c1-17-12(10-2-3-11(13)18-10)6-4-8(15)9(16)5-7(6)14/h2-5,12,17H,1H3. The Labute approximate surface area is 106 Å². The van der Waals surface area contributed by atoms with E-state index in [9.17, 15) is 13.2 Å². The van der Waals surface area contributed by atoms with Crippen molar-refractivity contribution in [3.63, 3.8) is 0 Å². The Balaban J connectivity index is 2.48. The molecule has 2 rings (SSSR count). The molecule has 0 saturated heterocycles. The highest BCUT2D eigenvalue weighted by Gasteiger charge is 2.21. The molecule has 1 N–H and O–H groups in total. The van der Waals surface area contributed by atoms with Gasteiger partial charge in [-0.3, -0.25) is 0 Å². The molecule has 1 heterocycles. The predicted octanol–water partition coefficient (Wildman–Crippen LogP) is 3.66. The smallest absolute Gasteiger partial charge is 0.193 e. The summed E-state index contributed by atoms with van der Waals surface area (Å²) in [5.41, 5.74) is -0.0533. The van der Waals surface area contributed by atoms with E-state index in [-0.39, 0.29) is 10.8 Å². The monoisotopic (exact) mass is 275 g/mol.